The Bertz CT molecular complexity index is 998. The molecule has 1 heterocycles. The number of hydrogen-bond donors (Lipinski definition) is 2. The third kappa shape index (κ3) is 2.98. The SMILES string of the molecule is Cc1ccc(Nc2ccnc3c(S(C)(=O)=O)cccc23)cc1O. The summed E-state index contributed by atoms with van der Waals surface area (Å²) in [7, 11) is -3.36. The first-order valence-electron chi connectivity index (χ1n) is 7.01. The molecule has 0 unspecified atom stereocenters. The number of phenols is 1. The van der Waals surface area contributed by atoms with Crippen molar-refractivity contribution in [3.63, 3.8) is 0 Å². The number of fused-ring (bicyclic) bond motifs is 1. The van der Waals surface area contributed by atoms with Crippen LogP contribution in [-0.2, 0) is 9.84 Å². The van der Waals surface area contributed by atoms with Crippen molar-refractivity contribution in [3.05, 3.63) is 54.2 Å². The van der Waals surface area contributed by atoms with Gasteiger partial charge in [-0.15, -0.1) is 0 Å². The van der Waals surface area contributed by atoms with Crippen LogP contribution in [0.2, 0.25) is 0 Å². The second-order valence-corrected chi connectivity index (χ2v) is 7.39. The Morgan fingerprint density at radius 2 is 1.91 bits per heavy atom. The minimum absolute atomic E-state index is 0.199. The predicted octanol–water partition coefficient (Wildman–Crippen LogP) is 3.40. The molecule has 2 N–H and O–H groups in total. The van der Waals surface area contributed by atoms with E-state index in [4.69, 9.17) is 0 Å². The third-order valence-corrected chi connectivity index (χ3v) is 4.75. The Hall–Kier alpha value is -2.60. The molecule has 1 aromatic heterocycles. The van der Waals surface area contributed by atoms with E-state index in [2.05, 4.69) is 10.3 Å². The van der Waals surface area contributed by atoms with Crippen LogP contribution in [0.5, 0.6) is 5.75 Å². The molecule has 6 heteroatoms. The van der Waals surface area contributed by atoms with Gasteiger partial charge in [-0.3, -0.25) is 4.98 Å². The van der Waals surface area contributed by atoms with E-state index in [-0.39, 0.29) is 10.6 Å². The van der Waals surface area contributed by atoms with E-state index in [1.54, 1.807) is 30.5 Å². The maximum Gasteiger partial charge on any atom is 0.177 e. The Labute approximate surface area is 134 Å². The zero-order valence-electron chi connectivity index (χ0n) is 12.7. The lowest BCUT2D eigenvalue weighted by atomic mass is 10.1. The average Bonchev–Trinajstić information content (AvgIpc) is 2.50. The number of nitrogens with zero attached hydrogens (tertiary/aromatic N) is 1. The van der Waals surface area contributed by atoms with E-state index in [0.717, 1.165) is 11.3 Å². The molecule has 0 aliphatic rings. The summed E-state index contributed by atoms with van der Waals surface area (Å²) in [5.74, 6) is 0.199. The molecule has 0 spiro atoms. The molecular formula is C17H16N2O3S. The van der Waals surface area contributed by atoms with E-state index < -0.39 is 9.84 Å². The number of aryl methyl sites for hydroxylation is 1. The molecule has 3 aromatic rings. The fourth-order valence-electron chi connectivity index (χ4n) is 2.40. The summed E-state index contributed by atoms with van der Waals surface area (Å²) in [5.41, 5.74) is 2.65. The zero-order valence-corrected chi connectivity index (χ0v) is 13.6. The highest BCUT2D eigenvalue weighted by atomic mass is 32.2. The van der Waals surface area contributed by atoms with Crippen LogP contribution in [0.25, 0.3) is 10.9 Å². The summed E-state index contributed by atoms with van der Waals surface area (Å²) in [5, 5.41) is 13.7. The van der Waals surface area contributed by atoms with Gasteiger partial charge in [-0.2, -0.15) is 0 Å². The first-order chi connectivity index (χ1) is 10.9. The number of nitrogens with one attached hydrogen (secondary N) is 1. The zero-order chi connectivity index (χ0) is 16.6. The topological polar surface area (TPSA) is 79.3 Å². The third-order valence-electron chi connectivity index (χ3n) is 3.62. The molecular weight excluding hydrogens is 312 g/mol. The van der Waals surface area contributed by atoms with Crippen molar-refractivity contribution in [2.45, 2.75) is 11.8 Å². The molecule has 0 aliphatic carbocycles. The van der Waals surface area contributed by atoms with E-state index in [0.29, 0.717) is 16.6 Å². The van der Waals surface area contributed by atoms with Gasteiger partial charge >= 0.3 is 0 Å². The van der Waals surface area contributed by atoms with Crippen molar-refractivity contribution in [2.24, 2.45) is 0 Å². The Morgan fingerprint density at radius 3 is 2.61 bits per heavy atom. The monoisotopic (exact) mass is 328 g/mol. The molecule has 3 rings (SSSR count). The molecule has 5 nitrogen and oxygen atoms in total. The lowest BCUT2D eigenvalue weighted by molar-refractivity contribution is 0.471. The van der Waals surface area contributed by atoms with Crippen LogP contribution >= 0.6 is 0 Å². The lowest BCUT2D eigenvalue weighted by Gasteiger charge is -2.12. The molecule has 0 radical (unpaired) electrons. The quantitative estimate of drug-likeness (QED) is 0.770. The van der Waals surface area contributed by atoms with Gasteiger partial charge in [0.25, 0.3) is 0 Å². The van der Waals surface area contributed by atoms with E-state index >= 15 is 0 Å². The molecule has 118 valence electrons. The number of aromatic hydroxyl groups is 1. The lowest BCUT2D eigenvalue weighted by Crippen LogP contribution is -2.00. The standard InChI is InChI=1S/C17H16N2O3S/c1-11-6-7-12(10-15(11)20)19-14-8-9-18-17-13(14)4-3-5-16(17)23(2,21)22/h3-10,20H,1-2H3,(H,18,19). The number of rotatable bonds is 3. The van der Waals surface area contributed by atoms with Gasteiger partial charge in [-0.25, -0.2) is 8.42 Å². The Morgan fingerprint density at radius 1 is 1.13 bits per heavy atom. The van der Waals surface area contributed by atoms with Crippen molar-refractivity contribution >= 4 is 32.1 Å². The van der Waals surface area contributed by atoms with Gasteiger partial charge in [0.1, 0.15) is 5.75 Å². The molecule has 0 aliphatic heterocycles. The number of phenolic OH excluding ortho intramolecular Hbond substituents is 1. The summed E-state index contributed by atoms with van der Waals surface area (Å²) in [4.78, 5) is 4.41. The van der Waals surface area contributed by atoms with Crippen LogP contribution in [0.15, 0.2) is 53.6 Å². The van der Waals surface area contributed by atoms with Crippen LogP contribution in [0.1, 0.15) is 5.56 Å². The van der Waals surface area contributed by atoms with Gasteiger partial charge in [0.2, 0.25) is 0 Å². The summed E-state index contributed by atoms with van der Waals surface area (Å²) in [6.45, 7) is 1.82. The Kier molecular flexibility index (Phi) is 3.69. The smallest absolute Gasteiger partial charge is 0.177 e. The Balaban J connectivity index is 2.13. The highest BCUT2D eigenvalue weighted by Gasteiger charge is 2.14. The first kappa shape index (κ1) is 15.3. The maximum absolute atomic E-state index is 11.9. The number of para-hydroxylation sites is 1. The van der Waals surface area contributed by atoms with Gasteiger partial charge in [0.15, 0.2) is 9.84 Å². The highest BCUT2D eigenvalue weighted by Crippen LogP contribution is 2.30. The van der Waals surface area contributed by atoms with Crippen LogP contribution in [0.3, 0.4) is 0 Å². The summed E-state index contributed by atoms with van der Waals surface area (Å²) in [6.07, 6.45) is 2.73. The number of sulfone groups is 1. The van der Waals surface area contributed by atoms with Crippen LogP contribution in [0, 0.1) is 6.92 Å². The number of aromatic nitrogens is 1. The molecule has 2 aromatic carbocycles. The molecule has 0 saturated heterocycles. The fraction of sp³-hybridized carbons (Fsp3) is 0.118. The largest absolute Gasteiger partial charge is 0.508 e. The summed E-state index contributed by atoms with van der Waals surface area (Å²) >= 11 is 0. The molecule has 0 amide bonds. The normalized spacial score (nSPS) is 11.6. The molecule has 0 saturated carbocycles. The molecule has 0 atom stereocenters. The minimum atomic E-state index is -3.36. The molecule has 0 fully saturated rings. The second kappa shape index (κ2) is 5.55. The number of anilines is 2. The van der Waals surface area contributed by atoms with Crippen LogP contribution in [-0.4, -0.2) is 24.8 Å². The van der Waals surface area contributed by atoms with Crippen LogP contribution in [0.4, 0.5) is 11.4 Å². The van der Waals surface area contributed by atoms with Gasteiger partial charge in [0, 0.05) is 35.3 Å². The number of benzene rings is 2. The average molecular weight is 328 g/mol. The van der Waals surface area contributed by atoms with Gasteiger partial charge in [-0.1, -0.05) is 18.2 Å². The van der Waals surface area contributed by atoms with Gasteiger partial charge in [-0.05, 0) is 30.7 Å². The van der Waals surface area contributed by atoms with Gasteiger partial charge in [0.05, 0.1) is 10.4 Å². The molecule has 23 heavy (non-hydrogen) atoms. The van der Waals surface area contributed by atoms with Crippen molar-refractivity contribution in [3.8, 4) is 5.75 Å². The first-order valence-corrected chi connectivity index (χ1v) is 8.90. The van der Waals surface area contributed by atoms with E-state index in [1.165, 1.54) is 6.26 Å². The van der Waals surface area contributed by atoms with E-state index in [9.17, 15) is 13.5 Å². The summed E-state index contributed by atoms with van der Waals surface area (Å²) in [6, 6.07) is 12.1. The highest BCUT2D eigenvalue weighted by molar-refractivity contribution is 7.91. The number of hydrogen-bond acceptors (Lipinski definition) is 5. The van der Waals surface area contributed by atoms with Crippen molar-refractivity contribution in [1.82, 2.24) is 4.98 Å². The summed E-state index contributed by atoms with van der Waals surface area (Å²) < 4.78 is 23.8. The maximum atomic E-state index is 11.9. The minimum Gasteiger partial charge on any atom is -0.508 e. The van der Waals surface area contributed by atoms with Crippen molar-refractivity contribution in [1.29, 1.82) is 0 Å². The van der Waals surface area contributed by atoms with Crippen LogP contribution < -0.4 is 5.32 Å². The second-order valence-electron chi connectivity index (χ2n) is 5.41. The number of pyridine rings is 1. The van der Waals surface area contributed by atoms with Crippen molar-refractivity contribution < 1.29 is 13.5 Å². The fourth-order valence-corrected chi connectivity index (χ4v) is 3.24. The van der Waals surface area contributed by atoms with Gasteiger partial charge < -0.3 is 10.4 Å². The van der Waals surface area contributed by atoms with E-state index in [1.807, 2.05) is 25.1 Å². The van der Waals surface area contributed by atoms with Crippen molar-refractivity contribution in [2.75, 3.05) is 11.6 Å². The predicted molar refractivity (Wildman–Crippen MR) is 91.0 cm³/mol. The molecule has 0 bridgehead atoms.